The fraction of sp³-hybridized carbons (Fsp3) is 0.308. The molecule has 0 saturated carbocycles. The van der Waals surface area contributed by atoms with Crippen molar-refractivity contribution in [1.29, 1.82) is 0 Å². The highest BCUT2D eigenvalue weighted by Gasteiger charge is 2.20. The molecule has 0 spiro atoms. The first-order chi connectivity index (χ1) is 7.66. The molecule has 1 heterocycles. The molecule has 0 fully saturated rings. The Kier molecular flexibility index (Phi) is 3.34. The van der Waals surface area contributed by atoms with Crippen molar-refractivity contribution < 1.29 is 9.26 Å². The Bertz CT molecular complexity index is 462. The first-order valence-electron chi connectivity index (χ1n) is 5.25. The van der Waals surface area contributed by atoms with Gasteiger partial charge in [0.25, 0.3) is 5.69 Å². The Morgan fingerprint density at radius 2 is 1.88 bits per heavy atom. The van der Waals surface area contributed by atoms with Gasteiger partial charge in [-0.25, -0.2) is 4.52 Å². The molecular weight excluding hydrogens is 218 g/mol. The van der Waals surface area contributed by atoms with E-state index in [1.54, 1.807) is 0 Å². The van der Waals surface area contributed by atoms with Crippen LogP contribution in [-0.4, -0.2) is 12.5 Å². The van der Waals surface area contributed by atoms with E-state index in [1.807, 2.05) is 30.0 Å². The zero-order valence-electron chi connectivity index (χ0n) is 9.93. The van der Waals surface area contributed by atoms with Gasteiger partial charge in [0.05, 0.1) is 24.1 Å². The minimum absolute atomic E-state index is 0.375. The van der Waals surface area contributed by atoms with E-state index in [1.165, 1.54) is 5.56 Å². The summed E-state index contributed by atoms with van der Waals surface area (Å²) in [6, 6.07) is 12.5. The topological polar surface area (TPSA) is 17.0 Å². The molecule has 0 aliphatic rings. The lowest BCUT2D eigenvalue weighted by atomic mass is 10.1. The Labute approximate surface area is 99.2 Å². The van der Waals surface area contributed by atoms with Gasteiger partial charge in [0.1, 0.15) is 0 Å². The van der Waals surface area contributed by atoms with Gasteiger partial charge >= 0.3 is 0 Å². The Morgan fingerprint density at radius 1 is 1.19 bits per heavy atom. The standard InChI is InChI=1S/C13H17NOS/c1-14-13(11-7-5-4-6-8-11)9-12(15-14)10-16(2)3/h4-9H,10H2,1-3H3/q+2. The van der Waals surface area contributed by atoms with Crippen molar-refractivity contribution in [1.82, 2.24) is 0 Å². The predicted octanol–water partition coefficient (Wildman–Crippen LogP) is 2.15. The zero-order chi connectivity index (χ0) is 11.5. The Hall–Kier alpha value is -1.22. The molecule has 0 aliphatic carbocycles. The number of hydrogen-bond donors (Lipinski definition) is 0. The fourth-order valence-electron chi connectivity index (χ4n) is 1.72. The van der Waals surface area contributed by atoms with Crippen molar-refractivity contribution in [2.45, 2.75) is 5.75 Å². The normalized spacial score (nSPS) is 11.0. The molecule has 1 aromatic heterocycles. The summed E-state index contributed by atoms with van der Waals surface area (Å²) in [5, 5.41) is 0. The van der Waals surface area contributed by atoms with Crippen molar-refractivity contribution in [2.24, 2.45) is 7.05 Å². The summed E-state index contributed by atoms with van der Waals surface area (Å²) in [6.07, 6.45) is 4.45. The lowest BCUT2D eigenvalue weighted by Crippen LogP contribution is -2.27. The van der Waals surface area contributed by atoms with E-state index in [4.69, 9.17) is 4.52 Å². The van der Waals surface area contributed by atoms with Crippen LogP contribution in [0.25, 0.3) is 11.3 Å². The minimum Gasteiger partial charge on any atom is -0.236 e. The smallest absolute Gasteiger partial charge is 0.236 e. The number of aryl methyl sites for hydroxylation is 1. The van der Waals surface area contributed by atoms with Gasteiger partial charge in [-0.1, -0.05) is 18.2 Å². The fourth-order valence-corrected chi connectivity index (χ4v) is 2.43. The van der Waals surface area contributed by atoms with Gasteiger partial charge in [-0.15, -0.1) is 0 Å². The molecule has 0 amide bonds. The van der Waals surface area contributed by atoms with Crippen LogP contribution in [0.15, 0.2) is 40.9 Å². The van der Waals surface area contributed by atoms with E-state index in [2.05, 4.69) is 30.7 Å². The molecule has 0 atom stereocenters. The highest BCUT2D eigenvalue weighted by molar-refractivity contribution is 7.94. The summed E-state index contributed by atoms with van der Waals surface area (Å²) in [4.78, 5) is 0. The van der Waals surface area contributed by atoms with Gasteiger partial charge in [-0.2, -0.15) is 0 Å². The molecular formula is C13H17NOS+2. The van der Waals surface area contributed by atoms with Crippen LogP contribution in [-0.2, 0) is 23.7 Å². The molecule has 84 valence electrons. The van der Waals surface area contributed by atoms with Crippen molar-refractivity contribution in [3.05, 3.63) is 42.2 Å². The van der Waals surface area contributed by atoms with Crippen LogP contribution in [0.1, 0.15) is 5.76 Å². The third kappa shape index (κ3) is 2.47. The van der Waals surface area contributed by atoms with Crippen LogP contribution in [0.2, 0.25) is 0 Å². The number of rotatable bonds is 3. The lowest BCUT2D eigenvalue weighted by molar-refractivity contribution is -0.837. The molecule has 0 saturated heterocycles. The molecule has 2 nitrogen and oxygen atoms in total. The van der Waals surface area contributed by atoms with E-state index >= 15 is 0 Å². The van der Waals surface area contributed by atoms with Crippen molar-refractivity contribution in [2.75, 3.05) is 12.5 Å². The Morgan fingerprint density at radius 3 is 2.50 bits per heavy atom. The summed E-state index contributed by atoms with van der Waals surface area (Å²) in [5.41, 5.74) is 2.34. The SMILES string of the molecule is C[n+]1oc(C[S+](C)C)cc1-c1ccccc1. The maximum atomic E-state index is 5.70. The second-order valence-corrected chi connectivity index (χ2v) is 6.34. The van der Waals surface area contributed by atoms with Gasteiger partial charge in [-0.3, -0.25) is 0 Å². The predicted molar refractivity (Wildman–Crippen MR) is 68.2 cm³/mol. The van der Waals surface area contributed by atoms with Crippen LogP contribution >= 0.6 is 0 Å². The average Bonchev–Trinajstić information content (AvgIpc) is 2.60. The van der Waals surface area contributed by atoms with Crippen molar-refractivity contribution >= 4 is 10.9 Å². The van der Waals surface area contributed by atoms with Crippen LogP contribution in [0.3, 0.4) is 0 Å². The zero-order valence-corrected chi connectivity index (χ0v) is 10.8. The second-order valence-electron chi connectivity index (χ2n) is 4.08. The number of hydrogen-bond acceptors (Lipinski definition) is 1. The highest BCUT2D eigenvalue weighted by atomic mass is 32.2. The number of nitrogens with zero attached hydrogens (tertiary/aromatic N) is 1. The first-order valence-corrected chi connectivity index (χ1v) is 7.46. The summed E-state index contributed by atoms with van der Waals surface area (Å²) >= 11 is 0. The summed E-state index contributed by atoms with van der Waals surface area (Å²) in [7, 11) is 2.33. The monoisotopic (exact) mass is 235 g/mol. The lowest BCUT2D eigenvalue weighted by Gasteiger charge is -1.89. The molecule has 1 aromatic carbocycles. The molecule has 16 heavy (non-hydrogen) atoms. The molecule has 0 radical (unpaired) electrons. The second kappa shape index (κ2) is 4.74. The first kappa shape index (κ1) is 11.3. The number of aromatic nitrogens is 1. The summed E-state index contributed by atoms with van der Waals surface area (Å²) < 4.78 is 7.55. The summed E-state index contributed by atoms with van der Waals surface area (Å²) in [5.74, 6) is 2.08. The quantitative estimate of drug-likeness (QED) is 0.588. The molecule has 0 aliphatic heterocycles. The third-order valence-corrected chi connectivity index (χ3v) is 3.25. The molecule has 2 rings (SSSR count). The van der Waals surface area contributed by atoms with Gasteiger partial charge in [-0.05, 0) is 27.8 Å². The molecule has 0 bridgehead atoms. The van der Waals surface area contributed by atoms with Crippen LogP contribution < -0.4 is 4.74 Å². The van der Waals surface area contributed by atoms with Crippen LogP contribution in [0, 0.1) is 0 Å². The maximum absolute atomic E-state index is 5.70. The summed E-state index contributed by atoms with van der Waals surface area (Å²) in [6.45, 7) is 0. The average molecular weight is 235 g/mol. The molecule has 0 N–H and O–H groups in total. The maximum Gasteiger partial charge on any atom is 0.261 e. The van der Waals surface area contributed by atoms with Gasteiger partial charge < -0.3 is 0 Å². The third-order valence-electron chi connectivity index (χ3n) is 2.39. The molecule has 2 aromatic rings. The van der Waals surface area contributed by atoms with Crippen LogP contribution in [0.5, 0.6) is 0 Å². The van der Waals surface area contributed by atoms with Crippen LogP contribution in [0.4, 0.5) is 0 Å². The largest absolute Gasteiger partial charge is 0.261 e. The molecule has 3 heteroatoms. The van der Waals surface area contributed by atoms with E-state index in [0.29, 0.717) is 10.9 Å². The van der Waals surface area contributed by atoms with Gasteiger partial charge in [0, 0.05) is 0 Å². The van der Waals surface area contributed by atoms with Gasteiger partial charge in [0.2, 0.25) is 5.76 Å². The van der Waals surface area contributed by atoms with E-state index < -0.39 is 0 Å². The van der Waals surface area contributed by atoms with E-state index in [0.717, 1.165) is 17.2 Å². The van der Waals surface area contributed by atoms with E-state index in [-0.39, 0.29) is 0 Å². The van der Waals surface area contributed by atoms with Crippen molar-refractivity contribution in [3.63, 3.8) is 0 Å². The Balaban J connectivity index is 2.32. The number of benzene rings is 1. The highest BCUT2D eigenvalue weighted by Crippen LogP contribution is 2.17. The van der Waals surface area contributed by atoms with Crippen molar-refractivity contribution in [3.8, 4) is 11.3 Å². The minimum atomic E-state index is 0.375. The molecule has 0 unspecified atom stereocenters. The van der Waals surface area contributed by atoms with Gasteiger partial charge in [0.15, 0.2) is 12.8 Å². The van der Waals surface area contributed by atoms with E-state index in [9.17, 15) is 0 Å².